The van der Waals surface area contributed by atoms with Crippen LogP contribution in [0.15, 0.2) is 23.3 Å². The van der Waals surface area contributed by atoms with Gasteiger partial charge in [0, 0.05) is 0 Å². The standard InChI is InChI=1S/C16H16O3/c17-15-13-9-5-6-10(14(13)16(18)19-15)12-8-4-2-1-3-7(8)11(9)12/h5-6,9-14H,1-4H2. The summed E-state index contributed by atoms with van der Waals surface area (Å²) < 4.78 is 4.93. The largest absolute Gasteiger partial charge is 0.393 e. The second-order valence-electron chi connectivity index (χ2n) is 6.64. The van der Waals surface area contributed by atoms with Gasteiger partial charge in [-0.15, -0.1) is 0 Å². The molecule has 1 saturated heterocycles. The summed E-state index contributed by atoms with van der Waals surface area (Å²) in [4.78, 5) is 23.9. The zero-order valence-corrected chi connectivity index (χ0v) is 10.7. The molecule has 6 rings (SSSR count). The highest BCUT2D eigenvalue weighted by molar-refractivity contribution is 5.98. The Balaban J connectivity index is 1.64. The summed E-state index contributed by atoms with van der Waals surface area (Å²) in [7, 11) is 0. The van der Waals surface area contributed by atoms with Crippen LogP contribution in [0.2, 0.25) is 0 Å². The third-order valence-electron chi connectivity index (χ3n) is 6.09. The van der Waals surface area contributed by atoms with Crippen LogP contribution in [0.3, 0.4) is 0 Å². The van der Waals surface area contributed by atoms with Crippen molar-refractivity contribution in [2.24, 2.45) is 35.5 Å². The molecule has 0 aromatic heterocycles. The minimum atomic E-state index is -0.266. The van der Waals surface area contributed by atoms with Gasteiger partial charge in [0.1, 0.15) is 0 Å². The van der Waals surface area contributed by atoms with Gasteiger partial charge in [0.05, 0.1) is 11.8 Å². The molecule has 0 spiro atoms. The van der Waals surface area contributed by atoms with Crippen molar-refractivity contribution in [1.82, 2.24) is 0 Å². The molecule has 6 aliphatic rings. The van der Waals surface area contributed by atoms with E-state index in [2.05, 4.69) is 12.2 Å². The second kappa shape index (κ2) is 3.20. The van der Waals surface area contributed by atoms with Gasteiger partial charge in [0.25, 0.3) is 0 Å². The van der Waals surface area contributed by atoms with E-state index in [1.54, 1.807) is 11.1 Å². The van der Waals surface area contributed by atoms with Gasteiger partial charge < -0.3 is 4.74 Å². The van der Waals surface area contributed by atoms with Crippen molar-refractivity contribution in [3.05, 3.63) is 23.3 Å². The fourth-order valence-corrected chi connectivity index (χ4v) is 5.50. The topological polar surface area (TPSA) is 43.4 Å². The maximum Gasteiger partial charge on any atom is 0.318 e. The maximum atomic E-state index is 12.0. The number of carbonyl (C=O) groups excluding carboxylic acids is 2. The van der Waals surface area contributed by atoms with E-state index in [0.29, 0.717) is 11.8 Å². The van der Waals surface area contributed by atoms with Crippen LogP contribution in [0.4, 0.5) is 0 Å². The Morgan fingerprint density at radius 3 is 1.74 bits per heavy atom. The number of allylic oxidation sites excluding steroid dienone is 4. The lowest BCUT2D eigenvalue weighted by Crippen LogP contribution is -2.55. The first-order valence-electron chi connectivity index (χ1n) is 7.43. The SMILES string of the molecule is O=C1OC(=O)C2C3C=CC(C12)C1C2=C(CCCC2)C31. The van der Waals surface area contributed by atoms with Crippen LogP contribution in [0, 0.1) is 35.5 Å². The molecule has 1 heterocycles. The Labute approximate surface area is 111 Å². The smallest absolute Gasteiger partial charge is 0.318 e. The third-order valence-corrected chi connectivity index (χ3v) is 6.09. The molecule has 19 heavy (non-hydrogen) atoms. The molecule has 1 aliphatic heterocycles. The summed E-state index contributed by atoms with van der Waals surface area (Å²) in [5.74, 6) is 0.663. The fourth-order valence-electron chi connectivity index (χ4n) is 5.50. The van der Waals surface area contributed by atoms with Gasteiger partial charge in [-0.1, -0.05) is 23.3 Å². The molecular formula is C16H16O3. The van der Waals surface area contributed by atoms with Crippen molar-refractivity contribution in [3.63, 3.8) is 0 Å². The Kier molecular flexibility index (Phi) is 1.75. The summed E-state index contributed by atoms with van der Waals surface area (Å²) >= 11 is 0. The van der Waals surface area contributed by atoms with Gasteiger partial charge in [0.2, 0.25) is 0 Å². The van der Waals surface area contributed by atoms with Crippen LogP contribution >= 0.6 is 0 Å². The van der Waals surface area contributed by atoms with Crippen LogP contribution in [0.5, 0.6) is 0 Å². The zero-order valence-electron chi connectivity index (χ0n) is 10.7. The maximum absolute atomic E-state index is 12.0. The highest BCUT2D eigenvalue weighted by Crippen LogP contribution is 2.65. The van der Waals surface area contributed by atoms with Gasteiger partial charge >= 0.3 is 11.9 Å². The van der Waals surface area contributed by atoms with Crippen molar-refractivity contribution in [1.29, 1.82) is 0 Å². The predicted octanol–water partition coefficient (Wildman–Crippen LogP) is 2.23. The van der Waals surface area contributed by atoms with Crippen LogP contribution in [0.1, 0.15) is 25.7 Å². The zero-order chi connectivity index (χ0) is 12.7. The number of cyclic esters (lactones) is 2. The quantitative estimate of drug-likeness (QED) is 0.379. The third kappa shape index (κ3) is 1.03. The first-order valence-corrected chi connectivity index (χ1v) is 7.43. The number of rotatable bonds is 0. The van der Waals surface area contributed by atoms with Gasteiger partial charge in [-0.05, 0) is 49.4 Å². The van der Waals surface area contributed by atoms with Gasteiger partial charge in [0.15, 0.2) is 0 Å². The van der Waals surface area contributed by atoms with E-state index in [1.807, 2.05) is 0 Å². The Bertz CT molecular complexity index is 523. The minimum absolute atomic E-state index is 0.181. The van der Waals surface area contributed by atoms with E-state index in [9.17, 15) is 9.59 Å². The van der Waals surface area contributed by atoms with Crippen molar-refractivity contribution in [2.45, 2.75) is 25.7 Å². The molecule has 0 radical (unpaired) electrons. The lowest BCUT2D eigenvalue weighted by molar-refractivity contribution is -0.154. The Morgan fingerprint density at radius 1 is 0.789 bits per heavy atom. The van der Waals surface area contributed by atoms with Crippen molar-refractivity contribution in [3.8, 4) is 0 Å². The van der Waals surface area contributed by atoms with Crippen LogP contribution in [-0.4, -0.2) is 11.9 Å². The molecule has 1 saturated carbocycles. The molecule has 0 aromatic carbocycles. The molecule has 5 aliphatic carbocycles. The highest BCUT2D eigenvalue weighted by Gasteiger charge is 2.65. The van der Waals surface area contributed by atoms with Gasteiger partial charge in [-0.25, -0.2) is 0 Å². The Hall–Kier alpha value is -1.38. The first-order chi connectivity index (χ1) is 9.27. The minimum Gasteiger partial charge on any atom is -0.393 e. The van der Waals surface area contributed by atoms with Crippen LogP contribution in [-0.2, 0) is 14.3 Å². The lowest BCUT2D eigenvalue weighted by atomic mass is 9.44. The molecule has 2 fully saturated rings. The summed E-state index contributed by atoms with van der Waals surface area (Å²) in [6.07, 6.45) is 9.42. The molecule has 0 aromatic rings. The van der Waals surface area contributed by atoms with E-state index >= 15 is 0 Å². The van der Waals surface area contributed by atoms with E-state index in [4.69, 9.17) is 4.74 Å². The molecule has 3 nitrogen and oxygen atoms in total. The summed E-state index contributed by atoms with van der Waals surface area (Å²) in [6.45, 7) is 0. The number of esters is 2. The second-order valence-corrected chi connectivity index (χ2v) is 6.64. The first kappa shape index (κ1) is 10.4. The van der Waals surface area contributed by atoms with Crippen molar-refractivity contribution >= 4 is 11.9 Å². The highest BCUT2D eigenvalue weighted by atomic mass is 16.6. The number of hydrogen-bond acceptors (Lipinski definition) is 3. The van der Waals surface area contributed by atoms with Crippen LogP contribution in [0.25, 0.3) is 0 Å². The Morgan fingerprint density at radius 2 is 1.26 bits per heavy atom. The predicted molar refractivity (Wildman–Crippen MR) is 66.7 cm³/mol. The van der Waals surface area contributed by atoms with E-state index in [-0.39, 0.29) is 35.6 Å². The molecule has 6 atom stereocenters. The molecule has 3 heteroatoms. The summed E-state index contributed by atoms with van der Waals surface area (Å²) in [5.41, 5.74) is 3.25. The monoisotopic (exact) mass is 256 g/mol. The normalized spacial score (nSPS) is 49.5. The average Bonchev–Trinajstić information content (AvgIpc) is 2.72. The van der Waals surface area contributed by atoms with Crippen molar-refractivity contribution < 1.29 is 14.3 Å². The van der Waals surface area contributed by atoms with E-state index in [1.165, 1.54) is 25.7 Å². The summed E-state index contributed by atoms with van der Waals surface area (Å²) in [6, 6.07) is 0. The van der Waals surface area contributed by atoms with Gasteiger partial charge in [-0.2, -0.15) is 0 Å². The molecular weight excluding hydrogens is 240 g/mol. The van der Waals surface area contributed by atoms with Crippen LogP contribution < -0.4 is 0 Å². The van der Waals surface area contributed by atoms with Crippen molar-refractivity contribution in [2.75, 3.05) is 0 Å². The molecule has 0 amide bonds. The number of hydrogen-bond donors (Lipinski definition) is 0. The van der Waals surface area contributed by atoms with Gasteiger partial charge in [-0.3, -0.25) is 9.59 Å². The molecule has 98 valence electrons. The molecule has 6 unspecified atom stereocenters. The number of ether oxygens (including phenoxy) is 1. The molecule has 2 bridgehead atoms. The number of carbonyl (C=O) groups is 2. The molecule has 0 N–H and O–H groups in total. The fraction of sp³-hybridized carbons (Fsp3) is 0.625. The summed E-state index contributed by atoms with van der Waals surface area (Å²) in [5, 5.41) is 0. The van der Waals surface area contributed by atoms with E-state index in [0.717, 1.165) is 0 Å². The average molecular weight is 256 g/mol. The lowest BCUT2D eigenvalue weighted by Gasteiger charge is -2.58. The van der Waals surface area contributed by atoms with E-state index < -0.39 is 0 Å².